The summed E-state index contributed by atoms with van der Waals surface area (Å²) >= 11 is 0. The molecule has 1 amide bonds. The highest BCUT2D eigenvalue weighted by Gasteiger charge is 2.21. The number of benzene rings is 1. The minimum Gasteiger partial charge on any atom is -0.374 e. The fraction of sp³-hybridized carbons (Fsp3) is 0.588. The van der Waals surface area contributed by atoms with Gasteiger partial charge in [-0.15, -0.1) is 0 Å². The van der Waals surface area contributed by atoms with Crippen LogP contribution in [0.2, 0.25) is 0 Å². The van der Waals surface area contributed by atoms with E-state index in [1.54, 1.807) is 7.05 Å². The SMILES string of the molecule is CC.CC.CC1CN(C)c2ccccc21.CNC(C)=O. The first-order valence-electron chi connectivity index (χ1n) is 7.54. The van der Waals surface area contributed by atoms with Crippen molar-refractivity contribution in [3.8, 4) is 0 Å². The molecule has 1 aromatic carbocycles. The number of hydrogen-bond donors (Lipinski definition) is 1. The number of para-hydroxylation sites is 1. The lowest BCUT2D eigenvalue weighted by molar-refractivity contribution is -0.118. The van der Waals surface area contributed by atoms with Crippen LogP contribution < -0.4 is 10.2 Å². The van der Waals surface area contributed by atoms with Gasteiger partial charge in [-0.25, -0.2) is 0 Å². The van der Waals surface area contributed by atoms with Crippen LogP contribution in [0.25, 0.3) is 0 Å². The van der Waals surface area contributed by atoms with E-state index in [-0.39, 0.29) is 5.91 Å². The number of rotatable bonds is 0. The molecule has 3 heteroatoms. The van der Waals surface area contributed by atoms with Crippen LogP contribution in [0.1, 0.15) is 53.0 Å². The van der Waals surface area contributed by atoms with Crippen LogP contribution in [0.4, 0.5) is 5.69 Å². The van der Waals surface area contributed by atoms with Gasteiger partial charge in [-0.05, 0) is 11.6 Å². The maximum Gasteiger partial charge on any atom is 0.216 e. The normalized spacial score (nSPS) is 14.4. The summed E-state index contributed by atoms with van der Waals surface area (Å²) in [5.74, 6) is 0.709. The summed E-state index contributed by atoms with van der Waals surface area (Å²) in [6.07, 6.45) is 0. The number of amides is 1. The van der Waals surface area contributed by atoms with Crippen molar-refractivity contribution < 1.29 is 4.79 Å². The Morgan fingerprint density at radius 3 is 2.05 bits per heavy atom. The van der Waals surface area contributed by atoms with E-state index in [1.807, 2.05) is 27.7 Å². The molecule has 2 rings (SSSR count). The first-order chi connectivity index (χ1) is 9.56. The predicted octanol–water partition coefficient (Wildman–Crippen LogP) is 4.04. The molecule has 1 aromatic rings. The van der Waals surface area contributed by atoms with Gasteiger partial charge in [-0.2, -0.15) is 0 Å². The second kappa shape index (κ2) is 12.5. The van der Waals surface area contributed by atoms with Crippen molar-refractivity contribution in [1.29, 1.82) is 0 Å². The number of nitrogens with zero attached hydrogens (tertiary/aromatic N) is 1. The summed E-state index contributed by atoms with van der Waals surface area (Å²) in [5, 5.41) is 2.39. The fourth-order valence-corrected chi connectivity index (χ4v) is 1.86. The van der Waals surface area contributed by atoms with Crippen molar-refractivity contribution in [3.63, 3.8) is 0 Å². The summed E-state index contributed by atoms with van der Waals surface area (Å²) in [4.78, 5) is 12.0. The second-order valence-corrected chi connectivity index (χ2v) is 4.15. The minimum absolute atomic E-state index is 0.00463. The Morgan fingerprint density at radius 2 is 1.65 bits per heavy atom. The van der Waals surface area contributed by atoms with Gasteiger partial charge in [0.2, 0.25) is 5.91 Å². The van der Waals surface area contributed by atoms with Crippen molar-refractivity contribution in [1.82, 2.24) is 5.32 Å². The van der Waals surface area contributed by atoms with E-state index < -0.39 is 0 Å². The van der Waals surface area contributed by atoms with Crippen LogP contribution in [0.3, 0.4) is 0 Å². The number of nitrogens with one attached hydrogen (secondary N) is 1. The average molecular weight is 280 g/mol. The molecule has 0 bridgehead atoms. The van der Waals surface area contributed by atoms with Gasteiger partial charge in [-0.3, -0.25) is 4.79 Å². The van der Waals surface area contributed by atoms with Gasteiger partial charge in [-0.1, -0.05) is 52.8 Å². The molecule has 116 valence electrons. The Morgan fingerprint density at radius 1 is 1.20 bits per heavy atom. The van der Waals surface area contributed by atoms with Crippen LogP contribution in [0.15, 0.2) is 24.3 Å². The number of carbonyl (C=O) groups excluding carboxylic acids is 1. The smallest absolute Gasteiger partial charge is 0.216 e. The molecule has 1 atom stereocenters. The molecule has 1 aliphatic heterocycles. The lowest BCUT2D eigenvalue weighted by atomic mass is 10.0. The average Bonchev–Trinajstić information content (AvgIpc) is 2.79. The van der Waals surface area contributed by atoms with Gasteiger partial charge in [0.1, 0.15) is 0 Å². The Labute approximate surface area is 125 Å². The molecule has 1 aliphatic rings. The minimum atomic E-state index is 0.00463. The summed E-state index contributed by atoms with van der Waals surface area (Å²) < 4.78 is 0. The Balaban J connectivity index is 0. The summed E-state index contributed by atoms with van der Waals surface area (Å²) in [6.45, 7) is 12.9. The van der Waals surface area contributed by atoms with Crippen LogP contribution in [0.5, 0.6) is 0 Å². The Bertz CT molecular complexity index is 337. The molecule has 0 fully saturated rings. The molecule has 0 saturated heterocycles. The largest absolute Gasteiger partial charge is 0.374 e. The molecule has 0 radical (unpaired) electrons. The van der Waals surface area contributed by atoms with Crippen LogP contribution in [-0.4, -0.2) is 26.5 Å². The van der Waals surface area contributed by atoms with E-state index in [4.69, 9.17) is 0 Å². The van der Waals surface area contributed by atoms with Gasteiger partial charge < -0.3 is 10.2 Å². The van der Waals surface area contributed by atoms with Gasteiger partial charge in [0.15, 0.2) is 0 Å². The molecule has 1 heterocycles. The third-order valence-electron chi connectivity index (χ3n) is 2.78. The third-order valence-corrected chi connectivity index (χ3v) is 2.78. The summed E-state index contributed by atoms with van der Waals surface area (Å²) in [5.41, 5.74) is 2.90. The molecular weight excluding hydrogens is 248 g/mol. The van der Waals surface area contributed by atoms with E-state index in [0.717, 1.165) is 0 Å². The lowest BCUT2D eigenvalue weighted by Gasteiger charge is -2.10. The van der Waals surface area contributed by atoms with Gasteiger partial charge in [0, 0.05) is 39.2 Å². The number of likely N-dealkylation sites (N-methyl/N-ethyl adjacent to an activating group) is 1. The number of anilines is 1. The van der Waals surface area contributed by atoms with Gasteiger partial charge in [0.05, 0.1) is 0 Å². The monoisotopic (exact) mass is 280 g/mol. The maximum absolute atomic E-state index is 9.70. The summed E-state index contributed by atoms with van der Waals surface area (Å²) in [6, 6.07) is 8.64. The predicted molar refractivity (Wildman–Crippen MR) is 90.6 cm³/mol. The number of fused-ring (bicyclic) bond motifs is 1. The zero-order valence-corrected chi connectivity index (χ0v) is 14.4. The Hall–Kier alpha value is -1.51. The highest BCUT2D eigenvalue weighted by atomic mass is 16.1. The van der Waals surface area contributed by atoms with Gasteiger partial charge >= 0.3 is 0 Å². The topological polar surface area (TPSA) is 32.3 Å². The molecule has 0 spiro atoms. The molecule has 1 N–H and O–H groups in total. The fourth-order valence-electron chi connectivity index (χ4n) is 1.86. The highest BCUT2D eigenvalue weighted by Crippen LogP contribution is 2.33. The van der Waals surface area contributed by atoms with Crippen LogP contribution in [0, 0.1) is 0 Å². The quantitative estimate of drug-likeness (QED) is 0.777. The molecule has 0 saturated carbocycles. The molecule has 3 nitrogen and oxygen atoms in total. The van der Waals surface area contributed by atoms with Crippen molar-refractivity contribution in [2.24, 2.45) is 0 Å². The first kappa shape index (κ1) is 20.8. The Kier molecular flexibility index (Phi) is 13.0. The molecular formula is C17H32N2O. The van der Waals surface area contributed by atoms with Crippen molar-refractivity contribution in [2.45, 2.75) is 47.5 Å². The van der Waals surface area contributed by atoms with Gasteiger partial charge in [0.25, 0.3) is 0 Å². The molecule has 0 aromatic heterocycles. The number of carbonyl (C=O) groups is 1. The zero-order chi connectivity index (χ0) is 16.1. The van der Waals surface area contributed by atoms with Crippen molar-refractivity contribution >= 4 is 11.6 Å². The first-order valence-corrected chi connectivity index (χ1v) is 7.54. The highest BCUT2D eigenvalue weighted by molar-refractivity contribution is 5.72. The molecule has 1 unspecified atom stereocenters. The van der Waals surface area contributed by atoms with E-state index in [2.05, 4.69) is 48.5 Å². The van der Waals surface area contributed by atoms with E-state index >= 15 is 0 Å². The molecule has 0 aliphatic carbocycles. The van der Waals surface area contributed by atoms with E-state index in [0.29, 0.717) is 5.92 Å². The van der Waals surface area contributed by atoms with Crippen molar-refractivity contribution in [2.75, 3.05) is 25.5 Å². The standard InChI is InChI=1S/C10H13N.C3H7NO.2C2H6/c1-8-7-11(2)10-6-4-3-5-9(8)10;1-3(5)4-2;2*1-2/h3-6,8H,7H2,1-2H3;1-2H3,(H,4,5);2*1-2H3. The van der Waals surface area contributed by atoms with Crippen LogP contribution in [-0.2, 0) is 4.79 Å². The van der Waals surface area contributed by atoms with Crippen LogP contribution >= 0.6 is 0 Å². The van der Waals surface area contributed by atoms with E-state index in [1.165, 1.54) is 24.7 Å². The number of hydrogen-bond acceptors (Lipinski definition) is 2. The molecule has 20 heavy (non-hydrogen) atoms. The third kappa shape index (κ3) is 7.17. The van der Waals surface area contributed by atoms with Crippen molar-refractivity contribution in [3.05, 3.63) is 29.8 Å². The summed E-state index contributed by atoms with van der Waals surface area (Å²) in [7, 11) is 3.75. The maximum atomic E-state index is 9.70. The zero-order valence-electron chi connectivity index (χ0n) is 14.4. The van der Waals surface area contributed by atoms with E-state index in [9.17, 15) is 4.79 Å². The lowest BCUT2D eigenvalue weighted by Crippen LogP contribution is -2.13. The second-order valence-electron chi connectivity index (χ2n) is 4.15.